The molecule has 0 amide bonds. The molecular weight excluding hydrogens is 466 g/mol. The Morgan fingerprint density at radius 3 is 2.36 bits per heavy atom. The molecular formula is C24H15N7O5. The first kappa shape index (κ1) is 22.2. The van der Waals surface area contributed by atoms with Gasteiger partial charge in [-0.1, -0.05) is 0 Å². The van der Waals surface area contributed by atoms with Crippen molar-refractivity contribution in [1.29, 1.82) is 5.26 Å². The van der Waals surface area contributed by atoms with Crippen molar-refractivity contribution in [2.24, 2.45) is 0 Å². The highest BCUT2D eigenvalue weighted by Crippen LogP contribution is 2.37. The Morgan fingerprint density at radius 2 is 1.72 bits per heavy atom. The number of ether oxygens (including phenoxy) is 1. The number of non-ortho nitro benzene ring substituents is 1. The van der Waals surface area contributed by atoms with E-state index < -0.39 is 9.85 Å². The smallest absolute Gasteiger partial charge is 0.354 e. The number of nitro benzene ring substituents is 1. The van der Waals surface area contributed by atoms with Crippen molar-refractivity contribution in [3.05, 3.63) is 98.2 Å². The van der Waals surface area contributed by atoms with Crippen LogP contribution in [0.4, 0.5) is 11.4 Å². The lowest BCUT2D eigenvalue weighted by Crippen LogP contribution is -2.01. The Bertz CT molecular complexity index is 1680. The largest absolute Gasteiger partial charge is 0.434 e. The van der Waals surface area contributed by atoms with Crippen LogP contribution in [0.15, 0.2) is 66.7 Å². The number of nitriles is 1. The number of nitrogens with one attached hydrogen (secondary N) is 1. The minimum atomic E-state index is -0.556. The van der Waals surface area contributed by atoms with Gasteiger partial charge in [0.1, 0.15) is 17.3 Å². The molecule has 0 aliphatic heterocycles. The van der Waals surface area contributed by atoms with Crippen LogP contribution in [0.1, 0.15) is 11.3 Å². The van der Waals surface area contributed by atoms with E-state index >= 15 is 0 Å². The summed E-state index contributed by atoms with van der Waals surface area (Å²) in [5, 5.41) is 36.1. The quantitative estimate of drug-likeness (QED) is 0.255. The average molecular weight is 481 g/mol. The molecule has 0 bridgehead atoms. The minimum Gasteiger partial charge on any atom is -0.434 e. The molecule has 5 aromatic rings. The van der Waals surface area contributed by atoms with E-state index in [1.807, 2.05) is 6.07 Å². The Morgan fingerprint density at radius 1 is 1.00 bits per heavy atom. The fraction of sp³-hybridized carbons (Fsp3) is 0.0417. The van der Waals surface area contributed by atoms with Gasteiger partial charge in [0.05, 0.1) is 38.2 Å². The number of aromatic nitrogens is 4. The molecule has 12 nitrogen and oxygen atoms in total. The zero-order chi connectivity index (χ0) is 25.4. The lowest BCUT2D eigenvalue weighted by Gasteiger charge is -2.09. The first-order chi connectivity index (χ1) is 17.3. The van der Waals surface area contributed by atoms with Gasteiger partial charge < -0.3 is 9.72 Å². The maximum atomic E-state index is 11.7. The second kappa shape index (κ2) is 8.65. The van der Waals surface area contributed by atoms with Gasteiger partial charge >= 0.3 is 11.6 Å². The van der Waals surface area contributed by atoms with E-state index in [9.17, 15) is 20.2 Å². The van der Waals surface area contributed by atoms with Crippen molar-refractivity contribution in [3.8, 4) is 34.8 Å². The molecule has 0 aliphatic carbocycles. The van der Waals surface area contributed by atoms with Crippen molar-refractivity contribution in [3.63, 3.8) is 0 Å². The number of nitrogens with zero attached hydrogens (tertiary/aromatic N) is 6. The number of H-pyrrole nitrogens is 1. The fourth-order valence-corrected chi connectivity index (χ4v) is 3.69. The number of aromatic amines is 1. The molecule has 0 spiro atoms. The Labute approximate surface area is 202 Å². The maximum absolute atomic E-state index is 11.7. The van der Waals surface area contributed by atoms with Crippen LogP contribution in [0, 0.1) is 38.5 Å². The third-order valence-corrected chi connectivity index (χ3v) is 5.43. The molecule has 0 saturated carbocycles. The first-order valence-corrected chi connectivity index (χ1v) is 10.5. The predicted octanol–water partition coefficient (Wildman–Crippen LogP) is 5.20. The number of aryl methyl sites for hydroxylation is 1. The van der Waals surface area contributed by atoms with Gasteiger partial charge in [-0.25, -0.2) is 4.98 Å². The summed E-state index contributed by atoms with van der Waals surface area (Å²) in [6, 6.07) is 19.5. The fourth-order valence-electron chi connectivity index (χ4n) is 3.69. The number of rotatable bonds is 6. The topological polar surface area (TPSA) is 166 Å². The predicted molar refractivity (Wildman–Crippen MR) is 128 cm³/mol. The van der Waals surface area contributed by atoms with Crippen molar-refractivity contribution in [2.45, 2.75) is 6.92 Å². The zero-order valence-electron chi connectivity index (χ0n) is 18.6. The number of hydrogen-bond acceptors (Lipinski definition) is 8. The van der Waals surface area contributed by atoms with Crippen LogP contribution in [-0.4, -0.2) is 29.6 Å². The first-order valence-electron chi connectivity index (χ1n) is 10.5. The highest BCUT2D eigenvalue weighted by Gasteiger charge is 2.28. The Kier molecular flexibility index (Phi) is 5.34. The van der Waals surface area contributed by atoms with Gasteiger partial charge in [0.25, 0.3) is 5.69 Å². The van der Waals surface area contributed by atoms with Crippen LogP contribution < -0.4 is 4.74 Å². The molecule has 0 fully saturated rings. The summed E-state index contributed by atoms with van der Waals surface area (Å²) < 4.78 is 7.23. The SMILES string of the molecule is Cc1nn(-c2ccc(C#N)cc2)c(Oc2ccc(-c3nc4ccc([N+](=O)[O-])cc4[nH]3)cc2)c1[N+](=O)[O-]. The highest BCUT2D eigenvalue weighted by atomic mass is 16.6. The number of fused-ring (bicyclic) bond motifs is 1. The van der Waals surface area contributed by atoms with Crippen LogP contribution in [0.2, 0.25) is 0 Å². The zero-order valence-corrected chi connectivity index (χ0v) is 18.6. The summed E-state index contributed by atoms with van der Waals surface area (Å²) in [4.78, 5) is 29.2. The second-order valence-electron chi connectivity index (χ2n) is 7.74. The number of imidazole rings is 1. The summed E-state index contributed by atoms with van der Waals surface area (Å²) in [5.41, 5.74) is 2.58. The van der Waals surface area contributed by atoms with E-state index in [0.717, 1.165) is 0 Å². The summed E-state index contributed by atoms with van der Waals surface area (Å²) in [5.74, 6) is 0.746. The molecule has 2 aromatic heterocycles. The molecule has 0 atom stereocenters. The molecule has 0 saturated heterocycles. The lowest BCUT2D eigenvalue weighted by molar-refractivity contribution is -0.386. The van der Waals surface area contributed by atoms with Gasteiger partial charge in [-0.15, -0.1) is 0 Å². The Hall–Kier alpha value is -5.57. The van der Waals surface area contributed by atoms with Gasteiger partial charge in [-0.3, -0.25) is 20.2 Å². The average Bonchev–Trinajstić information content (AvgIpc) is 3.44. The van der Waals surface area contributed by atoms with E-state index in [-0.39, 0.29) is 22.9 Å². The third kappa shape index (κ3) is 3.97. The van der Waals surface area contributed by atoms with Gasteiger partial charge in [-0.2, -0.15) is 15.0 Å². The van der Waals surface area contributed by atoms with Crippen molar-refractivity contribution in [1.82, 2.24) is 19.7 Å². The second-order valence-corrected chi connectivity index (χ2v) is 7.74. The molecule has 5 rings (SSSR count). The van der Waals surface area contributed by atoms with Crippen molar-refractivity contribution < 1.29 is 14.6 Å². The van der Waals surface area contributed by atoms with Crippen molar-refractivity contribution >= 4 is 22.4 Å². The van der Waals surface area contributed by atoms with Gasteiger partial charge in [0.15, 0.2) is 0 Å². The standard InChI is InChI=1S/C24H15N7O5/c1-14-22(31(34)35)24(29(28-14)17-6-2-15(13-25)3-7-17)36-19-9-4-16(5-10-19)23-26-20-11-8-18(30(32)33)12-21(20)27-23/h2-12H,1H3,(H,26,27). The molecule has 1 N–H and O–H groups in total. The monoisotopic (exact) mass is 481 g/mol. The van der Waals surface area contributed by atoms with Crippen LogP contribution in [-0.2, 0) is 0 Å². The van der Waals surface area contributed by atoms with E-state index in [1.54, 1.807) is 54.6 Å². The van der Waals surface area contributed by atoms with E-state index in [0.29, 0.717) is 39.4 Å². The van der Waals surface area contributed by atoms with Crippen LogP contribution in [0.25, 0.3) is 28.1 Å². The lowest BCUT2D eigenvalue weighted by atomic mass is 10.2. The van der Waals surface area contributed by atoms with E-state index in [4.69, 9.17) is 10.00 Å². The molecule has 0 unspecified atom stereocenters. The number of nitro groups is 2. The van der Waals surface area contributed by atoms with Gasteiger partial charge in [0, 0.05) is 17.7 Å². The van der Waals surface area contributed by atoms with Gasteiger partial charge in [0.2, 0.25) is 0 Å². The summed E-state index contributed by atoms with van der Waals surface area (Å²) in [7, 11) is 0. The maximum Gasteiger partial charge on any atom is 0.354 e. The summed E-state index contributed by atoms with van der Waals surface area (Å²) >= 11 is 0. The molecule has 36 heavy (non-hydrogen) atoms. The van der Waals surface area contributed by atoms with E-state index in [1.165, 1.54) is 23.7 Å². The molecule has 2 heterocycles. The third-order valence-electron chi connectivity index (χ3n) is 5.43. The summed E-state index contributed by atoms with van der Waals surface area (Å²) in [6.07, 6.45) is 0. The van der Waals surface area contributed by atoms with Gasteiger partial charge in [-0.05, 0) is 61.5 Å². The highest BCUT2D eigenvalue weighted by molar-refractivity contribution is 5.81. The normalized spacial score (nSPS) is 10.8. The number of hydrogen-bond donors (Lipinski definition) is 1. The molecule has 3 aromatic carbocycles. The minimum absolute atomic E-state index is 0.0442. The molecule has 12 heteroatoms. The molecule has 176 valence electrons. The van der Waals surface area contributed by atoms with Crippen LogP contribution >= 0.6 is 0 Å². The molecule has 0 radical (unpaired) electrons. The Balaban J connectivity index is 1.48. The van der Waals surface area contributed by atoms with Crippen LogP contribution in [0.5, 0.6) is 11.6 Å². The molecule has 0 aliphatic rings. The van der Waals surface area contributed by atoms with Crippen molar-refractivity contribution in [2.75, 3.05) is 0 Å². The van der Waals surface area contributed by atoms with E-state index in [2.05, 4.69) is 15.1 Å². The summed E-state index contributed by atoms with van der Waals surface area (Å²) in [6.45, 7) is 1.51. The number of benzene rings is 3. The van der Waals surface area contributed by atoms with Crippen LogP contribution in [0.3, 0.4) is 0 Å².